The minimum Gasteiger partial charge on any atom is -0.379 e. The van der Waals surface area contributed by atoms with E-state index in [1.165, 1.54) is 11.3 Å². The molecule has 1 fully saturated rings. The van der Waals surface area contributed by atoms with E-state index in [-0.39, 0.29) is 24.8 Å². The second-order valence-corrected chi connectivity index (χ2v) is 5.25. The summed E-state index contributed by atoms with van der Waals surface area (Å²) in [6.07, 6.45) is 0. The maximum atomic E-state index is 5.40. The van der Waals surface area contributed by atoms with E-state index < -0.39 is 0 Å². The second-order valence-electron chi connectivity index (χ2n) is 5.25. The molecule has 0 saturated carbocycles. The number of ether oxygens (including phenoxy) is 1. The second kappa shape index (κ2) is 9.49. The van der Waals surface area contributed by atoms with Crippen LogP contribution in [0.4, 0.5) is 5.69 Å². The third-order valence-electron chi connectivity index (χ3n) is 4.00. The number of fused-ring (bicyclic) bond motifs is 1. The van der Waals surface area contributed by atoms with E-state index in [0.29, 0.717) is 0 Å². The highest BCUT2D eigenvalue weighted by Gasteiger charge is 2.16. The number of para-hydroxylation sites is 1. The molecule has 0 aromatic heterocycles. The Morgan fingerprint density at radius 2 is 1.76 bits per heavy atom. The van der Waals surface area contributed by atoms with E-state index >= 15 is 0 Å². The fourth-order valence-electron chi connectivity index (χ4n) is 2.85. The van der Waals surface area contributed by atoms with Crippen molar-refractivity contribution in [2.75, 3.05) is 57.4 Å². The summed E-state index contributed by atoms with van der Waals surface area (Å²) in [4.78, 5) is 5.02. The van der Waals surface area contributed by atoms with Gasteiger partial charge in [0.25, 0.3) is 0 Å². The number of rotatable bonds is 3. The zero-order valence-electron chi connectivity index (χ0n) is 12.3. The van der Waals surface area contributed by atoms with Gasteiger partial charge in [-0.15, -0.1) is 24.8 Å². The van der Waals surface area contributed by atoms with Crippen molar-refractivity contribution in [3.05, 3.63) is 29.8 Å². The highest BCUT2D eigenvalue weighted by molar-refractivity contribution is 5.85. The van der Waals surface area contributed by atoms with Crippen LogP contribution < -0.4 is 10.2 Å². The Balaban J connectivity index is 0.00000110. The largest absolute Gasteiger partial charge is 0.379 e. The molecule has 1 saturated heterocycles. The third-order valence-corrected chi connectivity index (χ3v) is 4.00. The summed E-state index contributed by atoms with van der Waals surface area (Å²) in [6.45, 7) is 9.33. The van der Waals surface area contributed by atoms with Crippen molar-refractivity contribution in [2.45, 2.75) is 6.54 Å². The Hall–Kier alpha value is -0.520. The van der Waals surface area contributed by atoms with E-state index in [0.717, 1.165) is 59.0 Å². The van der Waals surface area contributed by atoms with E-state index in [1.807, 2.05) is 0 Å². The van der Waals surface area contributed by atoms with Crippen LogP contribution in [0.15, 0.2) is 24.3 Å². The molecule has 3 rings (SSSR count). The van der Waals surface area contributed by atoms with Crippen molar-refractivity contribution >= 4 is 30.5 Å². The lowest BCUT2D eigenvalue weighted by Gasteiger charge is -2.31. The molecule has 2 aliphatic heterocycles. The summed E-state index contributed by atoms with van der Waals surface area (Å²) in [7, 11) is 0. The van der Waals surface area contributed by atoms with E-state index in [9.17, 15) is 0 Å². The molecule has 0 spiro atoms. The molecule has 1 aromatic carbocycles. The lowest BCUT2D eigenvalue weighted by molar-refractivity contribution is 0.0392. The lowest BCUT2D eigenvalue weighted by atomic mass is 10.1. The van der Waals surface area contributed by atoms with Crippen LogP contribution >= 0.6 is 24.8 Å². The zero-order valence-corrected chi connectivity index (χ0v) is 13.9. The third kappa shape index (κ3) is 5.01. The quantitative estimate of drug-likeness (QED) is 0.912. The maximum Gasteiger partial charge on any atom is 0.0594 e. The summed E-state index contributed by atoms with van der Waals surface area (Å²) >= 11 is 0. The van der Waals surface area contributed by atoms with Crippen LogP contribution in [0.2, 0.25) is 0 Å². The number of hydrogen-bond donors (Lipinski definition) is 1. The molecule has 21 heavy (non-hydrogen) atoms. The molecule has 0 amide bonds. The van der Waals surface area contributed by atoms with Crippen LogP contribution in [0.1, 0.15) is 5.56 Å². The zero-order chi connectivity index (χ0) is 12.9. The van der Waals surface area contributed by atoms with Gasteiger partial charge >= 0.3 is 0 Å². The van der Waals surface area contributed by atoms with Crippen LogP contribution in [0, 0.1) is 0 Å². The van der Waals surface area contributed by atoms with Gasteiger partial charge in [0.2, 0.25) is 0 Å². The Morgan fingerprint density at radius 1 is 1.00 bits per heavy atom. The molecule has 120 valence electrons. The van der Waals surface area contributed by atoms with Gasteiger partial charge in [0.05, 0.1) is 13.2 Å². The Kier molecular flexibility index (Phi) is 8.37. The number of nitrogens with zero attached hydrogens (tertiary/aromatic N) is 2. The summed E-state index contributed by atoms with van der Waals surface area (Å²) < 4.78 is 5.40. The molecular weight excluding hydrogens is 309 g/mol. The first-order valence-electron chi connectivity index (χ1n) is 7.27. The molecule has 2 aliphatic rings. The predicted molar refractivity (Wildman–Crippen MR) is 92.1 cm³/mol. The first-order valence-corrected chi connectivity index (χ1v) is 7.27. The number of hydrogen-bond acceptors (Lipinski definition) is 4. The van der Waals surface area contributed by atoms with Gasteiger partial charge in [0.15, 0.2) is 0 Å². The maximum absolute atomic E-state index is 5.40. The minimum atomic E-state index is 0. The van der Waals surface area contributed by atoms with Crippen LogP contribution in [0.25, 0.3) is 0 Å². The van der Waals surface area contributed by atoms with Crippen molar-refractivity contribution in [3.63, 3.8) is 0 Å². The predicted octanol–water partition coefficient (Wildman–Crippen LogP) is 1.77. The summed E-state index contributed by atoms with van der Waals surface area (Å²) in [5, 5.41) is 3.50. The molecule has 1 aromatic rings. The Morgan fingerprint density at radius 3 is 2.57 bits per heavy atom. The average Bonchev–Trinajstić information content (AvgIpc) is 2.68. The molecule has 0 radical (unpaired) electrons. The Labute approximate surface area is 139 Å². The monoisotopic (exact) mass is 333 g/mol. The standard InChI is InChI=1S/C15H23N3O.2ClH/c1-2-4-15-14(3-1)13-16-5-6-18(15)8-7-17-9-11-19-12-10-17;;/h1-4,16H,5-13H2;2*1H. The van der Waals surface area contributed by atoms with E-state index in [4.69, 9.17) is 4.74 Å². The molecule has 1 N–H and O–H groups in total. The van der Waals surface area contributed by atoms with Crippen LogP contribution in [0.3, 0.4) is 0 Å². The highest BCUT2D eigenvalue weighted by Crippen LogP contribution is 2.21. The number of anilines is 1. The molecule has 0 aliphatic carbocycles. The molecule has 6 heteroatoms. The van der Waals surface area contributed by atoms with Crippen molar-refractivity contribution in [1.82, 2.24) is 10.2 Å². The molecule has 4 nitrogen and oxygen atoms in total. The normalized spacial score (nSPS) is 19.0. The van der Waals surface area contributed by atoms with Crippen LogP contribution in [-0.4, -0.2) is 57.4 Å². The Bertz CT molecular complexity index is 414. The molecular formula is C15H25Cl2N3O. The molecule has 0 bridgehead atoms. The lowest BCUT2D eigenvalue weighted by Crippen LogP contribution is -2.42. The van der Waals surface area contributed by atoms with Gasteiger partial charge in [-0.05, 0) is 11.6 Å². The summed E-state index contributed by atoms with van der Waals surface area (Å²) in [5.74, 6) is 0. The molecule has 0 unspecified atom stereocenters. The fraction of sp³-hybridized carbons (Fsp3) is 0.600. The van der Waals surface area contributed by atoms with Crippen LogP contribution in [-0.2, 0) is 11.3 Å². The smallest absolute Gasteiger partial charge is 0.0594 e. The number of morpholine rings is 1. The SMILES string of the molecule is Cl.Cl.c1ccc2c(c1)CNCCN2CCN1CCOCC1. The first-order chi connectivity index (χ1) is 9.43. The number of benzene rings is 1. The van der Waals surface area contributed by atoms with E-state index in [1.54, 1.807) is 0 Å². The van der Waals surface area contributed by atoms with Crippen LogP contribution in [0.5, 0.6) is 0 Å². The van der Waals surface area contributed by atoms with Gasteiger partial charge in [-0.3, -0.25) is 4.90 Å². The van der Waals surface area contributed by atoms with Gasteiger partial charge in [0, 0.05) is 51.5 Å². The topological polar surface area (TPSA) is 27.7 Å². The van der Waals surface area contributed by atoms with Gasteiger partial charge < -0.3 is 15.0 Å². The minimum absolute atomic E-state index is 0. The summed E-state index contributed by atoms with van der Waals surface area (Å²) in [5.41, 5.74) is 2.82. The van der Waals surface area contributed by atoms with Crippen molar-refractivity contribution in [1.29, 1.82) is 0 Å². The summed E-state index contributed by atoms with van der Waals surface area (Å²) in [6, 6.07) is 8.76. The van der Waals surface area contributed by atoms with Crippen molar-refractivity contribution in [2.24, 2.45) is 0 Å². The molecule has 2 heterocycles. The number of halogens is 2. The van der Waals surface area contributed by atoms with Crippen molar-refractivity contribution < 1.29 is 4.74 Å². The highest BCUT2D eigenvalue weighted by atomic mass is 35.5. The van der Waals surface area contributed by atoms with Gasteiger partial charge in [-0.2, -0.15) is 0 Å². The van der Waals surface area contributed by atoms with Gasteiger partial charge in [0.1, 0.15) is 0 Å². The van der Waals surface area contributed by atoms with Crippen molar-refractivity contribution in [3.8, 4) is 0 Å². The fourth-order valence-corrected chi connectivity index (χ4v) is 2.85. The molecule has 0 atom stereocenters. The first kappa shape index (κ1) is 18.5. The van der Waals surface area contributed by atoms with E-state index in [2.05, 4.69) is 39.4 Å². The van der Waals surface area contributed by atoms with Gasteiger partial charge in [-0.25, -0.2) is 0 Å². The number of nitrogens with one attached hydrogen (secondary N) is 1. The van der Waals surface area contributed by atoms with Gasteiger partial charge in [-0.1, -0.05) is 18.2 Å². The average molecular weight is 334 g/mol.